The molecule has 0 spiro atoms. The molecular formula is C20H18F3NO3S. The van der Waals surface area contributed by atoms with Crippen molar-refractivity contribution in [2.24, 2.45) is 0 Å². The number of hydrogen-bond acceptors (Lipinski definition) is 4. The minimum atomic E-state index is -4.48. The van der Waals surface area contributed by atoms with Crippen LogP contribution in [0, 0.1) is 0 Å². The zero-order chi connectivity index (χ0) is 20.5. The Kier molecular flexibility index (Phi) is 5.69. The predicted molar refractivity (Wildman–Crippen MR) is 102 cm³/mol. The number of anilines is 1. The van der Waals surface area contributed by atoms with Gasteiger partial charge in [-0.15, -0.1) is 0 Å². The van der Waals surface area contributed by atoms with E-state index in [4.69, 9.17) is 4.74 Å². The second-order valence-electron chi connectivity index (χ2n) is 6.47. The van der Waals surface area contributed by atoms with Crippen molar-refractivity contribution >= 4 is 28.5 Å². The largest absolute Gasteiger partial charge is 0.497 e. The molecule has 2 aromatic carbocycles. The molecule has 0 aliphatic carbocycles. The van der Waals surface area contributed by atoms with Crippen molar-refractivity contribution in [1.82, 2.24) is 0 Å². The molecular weight excluding hydrogens is 391 g/mol. The molecule has 0 saturated heterocycles. The molecule has 148 valence electrons. The van der Waals surface area contributed by atoms with Crippen LogP contribution in [-0.4, -0.2) is 23.4 Å². The summed E-state index contributed by atoms with van der Waals surface area (Å²) < 4.78 is 44.6. The number of amides is 1. The van der Waals surface area contributed by atoms with Gasteiger partial charge in [0.2, 0.25) is 5.91 Å². The number of thioether (sulfide) groups is 1. The third-order valence-electron chi connectivity index (χ3n) is 4.59. The molecule has 1 amide bonds. The number of carbonyl (C=O) groups excluding carboxylic acids is 2. The molecule has 0 radical (unpaired) electrons. The van der Waals surface area contributed by atoms with Crippen molar-refractivity contribution in [2.45, 2.75) is 30.7 Å². The number of halogens is 3. The van der Waals surface area contributed by atoms with Gasteiger partial charge in [0.15, 0.2) is 5.12 Å². The molecule has 0 fully saturated rings. The standard InChI is InChI=1S/C20H18F3NO3S/c1-11(25)28-18-16(12-3-6-15(27-2)7-4-12)10-13-9-14(20(21,22)23)5-8-17(13)24-19(18)26/h3-9,16,18H,10H2,1-2H3,(H,24,26). The van der Waals surface area contributed by atoms with E-state index in [1.54, 1.807) is 24.3 Å². The lowest BCUT2D eigenvalue weighted by molar-refractivity contribution is -0.137. The molecule has 4 nitrogen and oxygen atoms in total. The first kappa shape index (κ1) is 20.3. The van der Waals surface area contributed by atoms with Crippen LogP contribution in [0.4, 0.5) is 18.9 Å². The Bertz CT molecular complexity index is 897. The van der Waals surface area contributed by atoms with E-state index in [2.05, 4.69) is 5.32 Å². The topological polar surface area (TPSA) is 55.4 Å². The van der Waals surface area contributed by atoms with Gasteiger partial charge in [0.1, 0.15) is 5.75 Å². The highest BCUT2D eigenvalue weighted by Gasteiger charge is 2.37. The van der Waals surface area contributed by atoms with Crippen LogP contribution in [0.5, 0.6) is 5.75 Å². The average Bonchev–Trinajstić information content (AvgIpc) is 2.77. The molecule has 0 aromatic heterocycles. The van der Waals surface area contributed by atoms with Crippen LogP contribution in [0.2, 0.25) is 0 Å². The highest BCUT2D eigenvalue weighted by Crippen LogP contribution is 2.40. The number of ether oxygens (including phenoxy) is 1. The molecule has 0 saturated carbocycles. The zero-order valence-electron chi connectivity index (χ0n) is 15.2. The lowest BCUT2D eigenvalue weighted by Crippen LogP contribution is -2.30. The first-order valence-corrected chi connectivity index (χ1v) is 9.39. The van der Waals surface area contributed by atoms with Gasteiger partial charge in [-0.1, -0.05) is 23.9 Å². The minimum Gasteiger partial charge on any atom is -0.497 e. The fourth-order valence-corrected chi connectivity index (χ4v) is 4.19. The van der Waals surface area contributed by atoms with E-state index >= 15 is 0 Å². The zero-order valence-corrected chi connectivity index (χ0v) is 16.0. The van der Waals surface area contributed by atoms with Crippen molar-refractivity contribution < 1.29 is 27.5 Å². The lowest BCUT2D eigenvalue weighted by Gasteiger charge is -2.23. The number of nitrogens with one attached hydrogen (secondary N) is 1. The van der Waals surface area contributed by atoms with Crippen molar-refractivity contribution in [3.8, 4) is 5.75 Å². The Morgan fingerprint density at radius 1 is 1.18 bits per heavy atom. The Morgan fingerprint density at radius 2 is 1.86 bits per heavy atom. The van der Waals surface area contributed by atoms with E-state index in [9.17, 15) is 22.8 Å². The molecule has 8 heteroatoms. The van der Waals surface area contributed by atoms with Gasteiger partial charge in [-0.05, 0) is 47.9 Å². The van der Waals surface area contributed by atoms with Crippen LogP contribution < -0.4 is 10.1 Å². The van der Waals surface area contributed by atoms with Gasteiger partial charge in [0, 0.05) is 18.5 Å². The molecule has 1 heterocycles. The fourth-order valence-electron chi connectivity index (χ4n) is 3.25. The van der Waals surface area contributed by atoms with Gasteiger partial charge < -0.3 is 10.1 Å². The second-order valence-corrected chi connectivity index (χ2v) is 7.79. The maximum Gasteiger partial charge on any atom is 0.416 e. The van der Waals surface area contributed by atoms with Crippen LogP contribution in [0.1, 0.15) is 29.5 Å². The molecule has 1 aliphatic heterocycles. The van der Waals surface area contributed by atoms with E-state index in [1.807, 2.05) is 0 Å². The summed E-state index contributed by atoms with van der Waals surface area (Å²) in [7, 11) is 1.53. The van der Waals surface area contributed by atoms with Gasteiger partial charge in [-0.25, -0.2) is 0 Å². The number of carbonyl (C=O) groups is 2. The Balaban J connectivity index is 2.06. The maximum atomic E-state index is 13.1. The average molecular weight is 409 g/mol. The SMILES string of the molecule is COc1ccc(C2Cc3cc(C(F)(F)F)ccc3NC(=O)C2SC(C)=O)cc1. The number of benzene rings is 2. The van der Waals surface area contributed by atoms with Crippen molar-refractivity contribution in [2.75, 3.05) is 12.4 Å². The summed E-state index contributed by atoms with van der Waals surface area (Å²) >= 11 is 0.886. The molecule has 3 rings (SSSR count). The molecule has 1 aliphatic rings. The summed E-state index contributed by atoms with van der Waals surface area (Å²) in [6.07, 6.45) is -4.29. The first-order chi connectivity index (χ1) is 13.2. The van der Waals surface area contributed by atoms with Gasteiger partial charge >= 0.3 is 6.18 Å². The van der Waals surface area contributed by atoms with Gasteiger partial charge in [-0.3, -0.25) is 9.59 Å². The smallest absolute Gasteiger partial charge is 0.416 e. The van der Waals surface area contributed by atoms with Crippen LogP contribution >= 0.6 is 11.8 Å². The summed E-state index contributed by atoms with van der Waals surface area (Å²) in [5.74, 6) is -0.249. The van der Waals surface area contributed by atoms with Crippen molar-refractivity contribution in [3.63, 3.8) is 0 Å². The number of fused-ring (bicyclic) bond motifs is 1. The van der Waals surface area contributed by atoms with Gasteiger partial charge in [0.25, 0.3) is 0 Å². The summed E-state index contributed by atoms with van der Waals surface area (Å²) in [4.78, 5) is 24.5. The van der Waals surface area contributed by atoms with Crippen molar-refractivity contribution in [1.29, 1.82) is 0 Å². The summed E-state index contributed by atoms with van der Waals surface area (Å²) in [6.45, 7) is 1.36. The lowest BCUT2D eigenvalue weighted by atomic mass is 9.88. The Labute approximate surface area is 164 Å². The van der Waals surface area contributed by atoms with Crippen molar-refractivity contribution in [3.05, 3.63) is 59.2 Å². The quantitative estimate of drug-likeness (QED) is 0.803. The Morgan fingerprint density at radius 3 is 2.43 bits per heavy atom. The number of alkyl halides is 3. The third kappa shape index (κ3) is 4.32. The molecule has 2 atom stereocenters. The molecule has 1 N–H and O–H groups in total. The van der Waals surface area contributed by atoms with E-state index in [-0.39, 0.29) is 11.5 Å². The van der Waals surface area contributed by atoms with Crippen LogP contribution in [-0.2, 0) is 22.2 Å². The van der Waals surface area contributed by atoms with Crippen LogP contribution in [0.15, 0.2) is 42.5 Å². The number of hydrogen-bond donors (Lipinski definition) is 1. The van der Waals surface area contributed by atoms with E-state index < -0.39 is 28.8 Å². The van der Waals surface area contributed by atoms with E-state index in [0.717, 1.165) is 29.5 Å². The highest BCUT2D eigenvalue weighted by molar-refractivity contribution is 8.14. The fraction of sp³-hybridized carbons (Fsp3) is 0.300. The van der Waals surface area contributed by atoms with Gasteiger partial charge in [-0.2, -0.15) is 13.2 Å². The van der Waals surface area contributed by atoms with Crippen LogP contribution in [0.25, 0.3) is 0 Å². The summed E-state index contributed by atoms with van der Waals surface area (Å²) in [5.41, 5.74) is 0.699. The molecule has 0 bridgehead atoms. The predicted octanol–water partition coefficient (Wildman–Crippen LogP) is 4.64. The monoisotopic (exact) mass is 409 g/mol. The molecule has 2 unspecified atom stereocenters. The molecule has 2 aromatic rings. The highest BCUT2D eigenvalue weighted by atomic mass is 32.2. The number of methoxy groups -OCH3 is 1. The van der Waals surface area contributed by atoms with E-state index in [1.165, 1.54) is 20.1 Å². The minimum absolute atomic E-state index is 0.190. The summed E-state index contributed by atoms with van der Waals surface area (Å²) in [6, 6.07) is 10.3. The van der Waals surface area contributed by atoms with Crippen LogP contribution in [0.3, 0.4) is 0 Å². The number of rotatable bonds is 3. The second kappa shape index (κ2) is 7.87. The Hall–Kier alpha value is -2.48. The molecule has 28 heavy (non-hydrogen) atoms. The maximum absolute atomic E-state index is 13.1. The van der Waals surface area contributed by atoms with E-state index in [0.29, 0.717) is 17.0 Å². The third-order valence-corrected chi connectivity index (χ3v) is 5.72. The van der Waals surface area contributed by atoms with Gasteiger partial charge in [0.05, 0.1) is 17.9 Å². The normalized spacial score (nSPS) is 19.4. The summed E-state index contributed by atoms with van der Waals surface area (Å²) in [5, 5.41) is 1.68. The first-order valence-electron chi connectivity index (χ1n) is 8.51.